The highest BCUT2D eigenvalue weighted by Gasteiger charge is 2.54. The Labute approximate surface area is 159 Å². The van der Waals surface area contributed by atoms with Gasteiger partial charge in [-0.1, -0.05) is 6.07 Å². The first-order valence-electron chi connectivity index (χ1n) is 9.35. The summed E-state index contributed by atoms with van der Waals surface area (Å²) < 4.78 is 5.21. The highest BCUT2D eigenvalue weighted by Crippen LogP contribution is 2.54. The Kier molecular flexibility index (Phi) is 5.05. The van der Waals surface area contributed by atoms with Gasteiger partial charge in [0, 0.05) is 56.1 Å². The minimum atomic E-state index is -0.0461. The molecule has 4 rings (SSSR count). The van der Waals surface area contributed by atoms with E-state index in [1.807, 2.05) is 24.3 Å². The Hall–Kier alpha value is -2.89. The van der Waals surface area contributed by atoms with Crippen molar-refractivity contribution in [2.75, 3.05) is 31.6 Å². The lowest BCUT2D eigenvalue weighted by Gasteiger charge is -2.22. The van der Waals surface area contributed by atoms with Crippen molar-refractivity contribution in [1.82, 2.24) is 15.3 Å². The van der Waals surface area contributed by atoms with Crippen LogP contribution in [-0.4, -0.2) is 42.6 Å². The Morgan fingerprint density at radius 3 is 2.93 bits per heavy atom. The lowest BCUT2D eigenvalue weighted by atomic mass is 10.2. The molecule has 2 aromatic rings. The van der Waals surface area contributed by atoms with E-state index < -0.39 is 0 Å². The number of amides is 1. The van der Waals surface area contributed by atoms with Crippen LogP contribution in [0.5, 0.6) is 5.88 Å². The standard InChI is InChI=1S/C21H24N4O2/c1-27-21-11-16(6-9-24-21)25-13-18-17(19(18)14-25)7-10-23-20(26)5-4-15-3-2-8-22-12-15/h2-6,8-9,11-12,17-19H,7,10,13-14H2,1H3,(H,23,26)/b5-4+/t17-,18+,19-. The fraction of sp³-hybridized carbons (Fsp3) is 0.381. The van der Waals surface area contributed by atoms with Gasteiger partial charge in [0.15, 0.2) is 0 Å². The molecule has 2 fully saturated rings. The van der Waals surface area contributed by atoms with E-state index in [1.54, 1.807) is 37.9 Å². The van der Waals surface area contributed by atoms with Crippen LogP contribution in [0.25, 0.3) is 6.08 Å². The van der Waals surface area contributed by atoms with Gasteiger partial charge >= 0.3 is 0 Å². The largest absolute Gasteiger partial charge is 0.481 e. The molecular weight excluding hydrogens is 340 g/mol. The number of nitrogens with zero attached hydrogens (tertiary/aromatic N) is 3. The molecule has 1 aliphatic carbocycles. The van der Waals surface area contributed by atoms with Gasteiger partial charge < -0.3 is 15.0 Å². The SMILES string of the molecule is COc1cc(N2C[C@@H]3[C@H](CCNC(=O)/C=C/c4cccnc4)[C@@H]3C2)ccn1. The number of rotatable bonds is 7. The van der Waals surface area contributed by atoms with Crippen molar-refractivity contribution in [3.05, 3.63) is 54.5 Å². The summed E-state index contributed by atoms with van der Waals surface area (Å²) in [4.78, 5) is 22.5. The zero-order valence-corrected chi connectivity index (χ0v) is 15.4. The predicted octanol–water partition coefficient (Wildman–Crippen LogP) is 2.39. The zero-order chi connectivity index (χ0) is 18.6. The maximum absolute atomic E-state index is 11.9. The third-order valence-corrected chi connectivity index (χ3v) is 5.55. The number of carbonyl (C=O) groups excluding carboxylic acids is 1. The summed E-state index contributed by atoms with van der Waals surface area (Å²) in [6, 6.07) is 7.81. The fourth-order valence-corrected chi connectivity index (χ4v) is 4.06. The maximum Gasteiger partial charge on any atom is 0.244 e. The maximum atomic E-state index is 11.9. The first-order chi connectivity index (χ1) is 13.2. The van der Waals surface area contributed by atoms with Crippen LogP contribution >= 0.6 is 0 Å². The molecule has 140 valence electrons. The van der Waals surface area contributed by atoms with Gasteiger partial charge in [-0.15, -0.1) is 0 Å². The molecule has 2 aromatic heterocycles. The molecule has 1 N–H and O–H groups in total. The van der Waals surface area contributed by atoms with E-state index >= 15 is 0 Å². The zero-order valence-electron chi connectivity index (χ0n) is 15.4. The van der Waals surface area contributed by atoms with Crippen LogP contribution in [0.1, 0.15) is 12.0 Å². The van der Waals surface area contributed by atoms with Gasteiger partial charge in [0.2, 0.25) is 11.8 Å². The second kappa shape index (κ2) is 7.78. The Morgan fingerprint density at radius 1 is 1.33 bits per heavy atom. The van der Waals surface area contributed by atoms with E-state index in [2.05, 4.69) is 20.2 Å². The number of piperidine rings is 1. The number of anilines is 1. The molecule has 3 heterocycles. The number of hydrogen-bond acceptors (Lipinski definition) is 5. The summed E-state index contributed by atoms with van der Waals surface area (Å²) in [6.45, 7) is 2.89. The van der Waals surface area contributed by atoms with E-state index in [-0.39, 0.29) is 5.91 Å². The molecule has 6 nitrogen and oxygen atoms in total. The minimum absolute atomic E-state index is 0.0461. The first kappa shape index (κ1) is 17.5. The summed E-state index contributed by atoms with van der Waals surface area (Å²) in [6.07, 6.45) is 9.66. The summed E-state index contributed by atoms with van der Waals surface area (Å²) in [7, 11) is 1.64. The van der Waals surface area contributed by atoms with E-state index in [0.717, 1.165) is 49.4 Å². The monoisotopic (exact) mass is 364 g/mol. The molecule has 3 atom stereocenters. The molecule has 0 radical (unpaired) electrons. The van der Waals surface area contributed by atoms with Crippen LogP contribution in [0.4, 0.5) is 5.69 Å². The number of fused-ring (bicyclic) bond motifs is 1. The van der Waals surface area contributed by atoms with E-state index in [9.17, 15) is 4.79 Å². The minimum Gasteiger partial charge on any atom is -0.481 e. The molecule has 2 aliphatic rings. The van der Waals surface area contributed by atoms with Crippen molar-refractivity contribution in [3.63, 3.8) is 0 Å². The van der Waals surface area contributed by atoms with Crippen molar-refractivity contribution < 1.29 is 9.53 Å². The summed E-state index contributed by atoms with van der Waals surface area (Å²) in [5, 5.41) is 2.99. The number of ether oxygens (including phenoxy) is 1. The lowest BCUT2D eigenvalue weighted by Crippen LogP contribution is -2.26. The van der Waals surface area contributed by atoms with Crippen LogP contribution in [0.2, 0.25) is 0 Å². The molecule has 1 amide bonds. The summed E-state index contributed by atoms with van der Waals surface area (Å²) >= 11 is 0. The predicted molar refractivity (Wildman–Crippen MR) is 104 cm³/mol. The van der Waals surface area contributed by atoms with Gasteiger partial charge in [0.25, 0.3) is 0 Å². The lowest BCUT2D eigenvalue weighted by molar-refractivity contribution is -0.116. The van der Waals surface area contributed by atoms with Gasteiger partial charge in [0.05, 0.1) is 7.11 Å². The van der Waals surface area contributed by atoms with E-state index in [0.29, 0.717) is 5.88 Å². The Morgan fingerprint density at radius 2 is 2.19 bits per heavy atom. The van der Waals surface area contributed by atoms with Crippen LogP contribution < -0.4 is 15.0 Å². The molecule has 0 bridgehead atoms. The Bertz CT molecular complexity index is 812. The number of nitrogens with one attached hydrogen (secondary N) is 1. The highest BCUT2D eigenvalue weighted by atomic mass is 16.5. The third kappa shape index (κ3) is 4.10. The number of aromatic nitrogens is 2. The molecular formula is C21H24N4O2. The average molecular weight is 364 g/mol. The van der Waals surface area contributed by atoms with Crippen LogP contribution in [0.15, 0.2) is 48.9 Å². The number of pyridine rings is 2. The molecule has 0 unspecified atom stereocenters. The fourth-order valence-electron chi connectivity index (χ4n) is 4.06. The van der Waals surface area contributed by atoms with Gasteiger partial charge in [0.1, 0.15) is 0 Å². The van der Waals surface area contributed by atoms with Crippen molar-refractivity contribution in [2.45, 2.75) is 6.42 Å². The quantitative estimate of drug-likeness (QED) is 0.764. The van der Waals surface area contributed by atoms with Crippen molar-refractivity contribution >= 4 is 17.7 Å². The van der Waals surface area contributed by atoms with Crippen molar-refractivity contribution in [1.29, 1.82) is 0 Å². The summed E-state index contributed by atoms with van der Waals surface area (Å²) in [5.41, 5.74) is 2.11. The average Bonchev–Trinajstić information content (AvgIpc) is 3.15. The van der Waals surface area contributed by atoms with Crippen molar-refractivity contribution in [3.8, 4) is 5.88 Å². The van der Waals surface area contributed by atoms with E-state index in [4.69, 9.17) is 4.74 Å². The molecule has 1 saturated heterocycles. The second-order valence-corrected chi connectivity index (χ2v) is 7.15. The molecule has 27 heavy (non-hydrogen) atoms. The molecule has 0 spiro atoms. The summed E-state index contributed by atoms with van der Waals surface area (Å²) in [5.74, 6) is 2.83. The highest BCUT2D eigenvalue weighted by molar-refractivity contribution is 5.91. The third-order valence-electron chi connectivity index (χ3n) is 5.55. The number of methoxy groups -OCH3 is 1. The van der Waals surface area contributed by atoms with Crippen molar-refractivity contribution in [2.24, 2.45) is 17.8 Å². The molecule has 1 saturated carbocycles. The smallest absolute Gasteiger partial charge is 0.244 e. The van der Waals surface area contributed by atoms with Gasteiger partial charge in [-0.05, 0) is 47.9 Å². The van der Waals surface area contributed by atoms with Crippen LogP contribution in [-0.2, 0) is 4.79 Å². The normalized spacial score (nSPS) is 23.3. The van der Waals surface area contributed by atoms with E-state index in [1.165, 1.54) is 5.69 Å². The second-order valence-electron chi connectivity index (χ2n) is 7.15. The van der Waals surface area contributed by atoms with Crippen LogP contribution in [0, 0.1) is 17.8 Å². The number of hydrogen-bond donors (Lipinski definition) is 1. The van der Waals surface area contributed by atoms with Gasteiger partial charge in [-0.3, -0.25) is 9.78 Å². The number of carbonyl (C=O) groups is 1. The first-order valence-corrected chi connectivity index (χ1v) is 9.35. The molecule has 6 heteroatoms. The molecule has 1 aliphatic heterocycles. The van der Waals surface area contributed by atoms with Crippen LogP contribution in [0.3, 0.4) is 0 Å². The molecule has 0 aromatic carbocycles. The topological polar surface area (TPSA) is 67.3 Å². The Balaban J connectivity index is 1.18. The van der Waals surface area contributed by atoms with Gasteiger partial charge in [-0.2, -0.15) is 0 Å². The van der Waals surface area contributed by atoms with Gasteiger partial charge in [-0.25, -0.2) is 4.98 Å².